The molecular weight excluding hydrogens is 290 g/mol. The number of thioether (sulfide) groups is 1. The molecule has 0 amide bonds. The van der Waals surface area contributed by atoms with Gasteiger partial charge in [-0.2, -0.15) is 0 Å². The van der Waals surface area contributed by atoms with Crippen LogP contribution in [0, 0.1) is 5.92 Å². The van der Waals surface area contributed by atoms with Crippen LogP contribution >= 0.6 is 11.8 Å². The molecule has 3 atom stereocenters. The van der Waals surface area contributed by atoms with Crippen molar-refractivity contribution in [2.75, 3.05) is 13.1 Å². The molecule has 2 unspecified atom stereocenters. The van der Waals surface area contributed by atoms with Gasteiger partial charge in [-0.15, -0.1) is 0 Å². The maximum atomic E-state index is 5.93. The standard InChI is InChI=1S/C18H33N3S/c1-2-11-21(12-10-14-6-4-3-5-7-14)15-8-9-16-17(13-15)22-18(19)20-16/h14-17H,2-13H2,1H3,(H2,19,20)/t15-,16?,17?/m0/s1. The average Bonchev–Trinajstić information content (AvgIpc) is 2.91. The molecule has 0 aromatic heterocycles. The molecule has 0 aromatic rings. The van der Waals surface area contributed by atoms with E-state index in [0.717, 1.165) is 17.1 Å². The molecule has 3 rings (SSSR count). The number of rotatable bonds is 6. The second-order valence-corrected chi connectivity index (χ2v) is 8.75. The van der Waals surface area contributed by atoms with E-state index in [4.69, 9.17) is 5.73 Å². The summed E-state index contributed by atoms with van der Waals surface area (Å²) in [6.45, 7) is 4.92. The Labute approximate surface area is 140 Å². The second-order valence-electron chi connectivity index (χ2n) is 7.49. The molecule has 3 aliphatic rings. The highest BCUT2D eigenvalue weighted by molar-refractivity contribution is 8.14. The third-order valence-corrected chi connectivity index (χ3v) is 7.03. The van der Waals surface area contributed by atoms with Crippen molar-refractivity contribution in [3.8, 4) is 0 Å². The predicted molar refractivity (Wildman–Crippen MR) is 97.5 cm³/mol. The molecule has 2 aliphatic carbocycles. The first-order valence-corrected chi connectivity index (χ1v) is 10.4. The van der Waals surface area contributed by atoms with Gasteiger partial charge < -0.3 is 10.6 Å². The van der Waals surface area contributed by atoms with Crippen molar-refractivity contribution >= 4 is 16.9 Å². The van der Waals surface area contributed by atoms with Gasteiger partial charge in [0.2, 0.25) is 0 Å². The van der Waals surface area contributed by atoms with Gasteiger partial charge in [0.15, 0.2) is 5.17 Å². The lowest BCUT2D eigenvalue weighted by Gasteiger charge is -2.38. The molecule has 1 heterocycles. The Bertz CT molecular complexity index is 379. The second kappa shape index (κ2) is 8.05. The average molecular weight is 324 g/mol. The number of hydrogen-bond donors (Lipinski definition) is 1. The summed E-state index contributed by atoms with van der Waals surface area (Å²) < 4.78 is 0. The van der Waals surface area contributed by atoms with Crippen LogP contribution in [0.3, 0.4) is 0 Å². The van der Waals surface area contributed by atoms with Crippen LogP contribution < -0.4 is 5.73 Å². The number of amidine groups is 1. The third kappa shape index (κ3) is 4.19. The lowest BCUT2D eigenvalue weighted by atomic mass is 9.86. The van der Waals surface area contributed by atoms with Crippen molar-refractivity contribution in [2.45, 2.75) is 88.5 Å². The molecule has 2 fully saturated rings. The molecule has 22 heavy (non-hydrogen) atoms. The van der Waals surface area contributed by atoms with E-state index >= 15 is 0 Å². The van der Waals surface area contributed by atoms with Crippen LogP contribution in [0.15, 0.2) is 4.99 Å². The Kier molecular flexibility index (Phi) is 6.09. The smallest absolute Gasteiger partial charge is 0.154 e. The highest BCUT2D eigenvalue weighted by Gasteiger charge is 2.37. The fourth-order valence-electron chi connectivity index (χ4n) is 4.64. The van der Waals surface area contributed by atoms with E-state index in [9.17, 15) is 0 Å². The van der Waals surface area contributed by atoms with Crippen LogP contribution in [0.2, 0.25) is 0 Å². The van der Waals surface area contributed by atoms with E-state index in [1.165, 1.54) is 77.3 Å². The zero-order chi connectivity index (χ0) is 15.4. The molecule has 4 heteroatoms. The van der Waals surface area contributed by atoms with Crippen LogP contribution in [0.5, 0.6) is 0 Å². The monoisotopic (exact) mass is 323 g/mol. The van der Waals surface area contributed by atoms with Gasteiger partial charge in [0.25, 0.3) is 0 Å². The van der Waals surface area contributed by atoms with Crippen molar-refractivity contribution in [2.24, 2.45) is 16.6 Å². The summed E-state index contributed by atoms with van der Waals surface area (Å²) in [4.78, 5) is 7.41. The Morgan fingerprint density at radius 1 is 1.14 bits per heavy atom. The fourth-order valence-corrected chi connectivity index (χ4v) is 5.81. The van der Waals surface area contributed by atoms with Crippen LogP contribution in [0.1, 0.15) is 71.1 Å². The highest BCUT2D eigenvalue weighted by Crippen LogP contribution is 2.38. The minimum absolute atomic E-state index is 0.517. The van der Waals surface area contributed by atoms with Crippen molar-refractivity contribution < 1.29 is 0 Å². The number of fused-ring (bicyclic) bond motifs is 1. The molecular formula is C18H33N3S. The quantitative estimate of drug-likeness (QED) is 0.802. The lowest BCUT2D eigenvalue weighted by molar-refractivity contribution is 0.139. The largest absolute Gasteiger partial charge is 0.379 e. The van der Waals surface area contributed by atoms with Gasteiger partial charge in [0, 0.05) is 11.3 Å². The number of nitrogens with two attached hydrogens (primary N) is 1. The molecule has 0 saturated heterocycles. The minimum atomic E-state index is 0.517. The van der Waals surface area contributed by atoms with Gasteiger partial charge in [-0.3, -0.25) is 4.99 Å². The van der Waals surface area contributed by atoms with Gasteiger partial charge in [0.05, 0.1) is 6.04 Å². The molecule has 0 radical (unpaired) electrons. The Balaban J connectivity index is 1.50. The number of nitrogens with zero attached hydrogens (tertiary/aromatic N) is 2. The zero-order valence-electron chi connectivity index (χ0n) is 14.2. The Morgan fingerprint density at radius 2 is 1.95 bits per heavy atom. The van der Waals surface area contributed by atoms with Gasteiger partial charge in [-0.25, -0.2) is 0 Å². The molecule has 3 nitrogen and oxygen atoms in total. The van der Waals surface area contributed by atoms with Crippen LogP contribution in [-0.2, 0) is 0 Å². The molecule has 1 aliphatic heterocycles. The molecule has 0 aromatic carbocycles. The van der Waals surface area contributed by atoms with Gasteiger partial charge in [0.1, 0.15) is 0 Å². The van der Waals surface area contributed by atoms with E-state index < -0.39 is 0 Å². The summed E-state index contributed by atoms with van der Waals surface area (Å²) in [7, 11) is 0. The van der Waals surface area contributed by atoms with E-state index in [1.54, 1.807) is 0 Å². The van der Waals surface area contributed by atoms with Crippen molar-refractivity contribution in [1.29, 1.82) is 0 Å². The van der Waals surface area contributed by atoms with Crippen molar-refractivity contribution in [1.82, 2.24) is 4.90 Å². The number of aliphatic imine (C=N–C) groups is 1. The summed E-state index contributed by atoms with van der Waals surface area (Å²) in [6.07, 6.45) is 13.9. The van der Waals surface area contributed by atoms with Crippen LogP contribution in [0.4, 0.5) is 0 Å². The summed E-state index contributed by atoms with van der Waals surface area (Å²) >= 11 is 1.84. The molecule has 2 N–H and O–H groups in total. The molecule has 126 valence electrons. The summed E-state index contributed by atoms with van der Waals surface area (Å²) in [5.74, 6) is 1.00. The van der Waals surface area contributed by atoms with Gasteiger partial charge in [-0.05, 0) is 51.1 Å². The number of hydrogen-bond acceptors (Lipinski definition) is 4. The normalized spacial score (nSPS) is 33.0. The maximum Gasteiger partial charge on any atom is 0.154 e. The Morgan fingerprint density at radius 3 is 2.73 bits per heavy atom. The maximum absolute atomic E-state index is 5.93. The van der Waals surface area contributed by atoms with Crippen molar-refractivity contribution in [3.05, 3.63) is 0 Å². The first kappa shape index (κ1) is 16.6. The lowest BCUT2D eigenvalue weighted by Crippen LogP contribution is -2.44. The SMILES string of the molecule is CCCN(CCC1CCCCC1)[C@H]1CCC2N=C(N)SC2C1. The van der Waals surface area contributed by atoms with E-state index in [0.29, 0.717) is 11.3 Å². The molecule has 2 saturated carbocycles. The van der Waals surface area contributed by atoms with E-state index in [2.05, 4.69) is 16.8 Å². The first-order valence-electron chi connectivity index (χ1n) is 9.50. The van der Waals surface area contributed by atoms with Gasteiger partial charge in [-0.1, -0.05) is 50.8 Å². The van der Waals surface area contributed by atoms with Crippen LogP contribution in [-0.4, -0.2) is 40.5 Å². The van der Waals surface area contributed by atoms with E-state index in [1.807, 2.05) is 11.8 Å². The Hall–Kier alpha value is -0.220. The highest BCUT2D eigenvalue weighted by atomic mass is 32.2. The predicted octanol–water partition coefficient (Wildman–Crippen LogP) is 4.02. The van der Waals surface area contributed by atoms with E-state index in [-0.39, 0.29) is 0 Å². The molecule has 0 spiro atoms. The van der Waals surface area contributed by atoms with Crippen LogP contribution in [0.25, 0.3) is 0 Å². The minimum Gasteiger partial charge on any atom is -0.379 e. The topological polar surface area (TPSA) is 41.6 Å². The van der Waals surface area contributed by atoms with Crippen molar-refractivity contribution in [3.63, 3.8) is 0 Å². The fraction of sp³-hybridized carbons (Fsp3) is 0.944. The summed E-state index contributed by atoms with van der Waals surface area (Å²) in [6, 6.07) is 1.29. The molecule has 0 bridgehead atoms. The summed E-state index contributed by atoms with van der Waals surface area (Å²) in [5.41, 5.74) is 5.93. The zero-order valence-corrected chi connectivity index (χ0v) is 15.0. The first-order chi connectivity index (χ1) is 10.8. The third-order valence-electron chi connectivity index (χ3n) is 5.87. The summed E-state index contributed by atoms with van der Waals surface area (Å²) in [5, 5.41) is 1.49. The van der Waals surface area contributed by atoms with Gasteiger partial charge >= 0.3 is 0 Å².